The second kappa shape index (κ2) is 9.01. The normalized spacial score (nSPS) is 14.3. The van der Waals surface area contributed by atoms with Gasteiger partial charge in [0.1, 0.15) is 5.82 Å². The molecular weight excluding hydrogens is 400 g/mol. The molecule has 0 atom stereocenters. The molecule has 0 aliphatic carbocycles. The van der Waals surface area contributed by atoms with E-state index in [0.717, 1.165) is 53.9 Å². The van der Waals surface area contributed by atoms with E-state index < -0.39 is 0 Å². The van der Waals surface area contributed by atoms with E-state index in [9.17, 15) is 4.79 Å². The first-order valence-electron chi connectivity index (χ1n) is 10.8. The van der Waals surface area contributed by atoms with Gasteiger partial charge in [-0.15, -0.1) is 0 Å². The van der Waals surface area contributed by atoms with Crippen LogP contribution >= 0.6 is 0 Å². The first-order valence-corrected chi connectivity index (χ1v) is 10.8. The predicted molar refractivity (Wildman–Crippen MR) is 127 cm³/mol. The third kappa shape index (κ3) is 4.37. The quantitative estimate of drug-likeness (QED) is 0.505. The summed E-state index contributed by atoms with van der Waals surface area (Å²) in [6.07, 6.45) is 5.23. The van der Waals surface area contributed by atoms with Crippen molar-refractivity contribution in [2.75, 3.05) is 23.3 Å². The Morgan fingerprint density at radius 2 is 1.69 bits per heavy atom. The van der Waals surface area contributed by atoms with Gasteiger partial charge in [0.25, 0.3) is 0 Å². The zero-order valence-corrected chi connectivity index (χ0v) is 17.6. The van der Waals surface area contributed by atoms with E-state index in [4.69, 9.17) is 9.97 Å². The van der Waals surface area contributed by atoms with E-state index in [0.29, 0.717) is 5.82 Å². The number of piperidine rings is 1. The number of pyridine rings is 1. The van der Waals surface area contributed by atoms with Crippen LogP contribution in [0.1, 0.15) is 12.8 Å². The lowest BCUT2D eigenvalue weighted by Gasteiger charge is -2.33. The summed E-state index contributed by atoms with van der Waals surface area (Å²) >= 11 is 0. The molecule has 0 unspecified atom stereocenters. The van der Waals surface area contributed by atoms with Crippen molar-refractivity contribution < 1.29 is 4.79 Å². The number of carbonyl (C=O) groups excluding carboxylic acids is 1. The molecule has 1 saturated heterocycles. The van der Waals surface area contributed by atoms with E-state index in [1.54, 1.807) is 12.4 Å². The number of nitrogens with one attached hydrogen (secondary N) is 2. The van der Waals surface area contributed by atoms with Crippen molar-refractivity contribution in [3.8, 4) is 11.4 Å². The van der Waals surface area contributed by atoms with Gasteiger partial charge in [0, 0.05) is 48.2 Å². The summed E-state index contributed by atoms with van der Waals surface area (Å²) in [7, 11) is 0. The number of benzene rings is 2. The third-order valence-electron chi connectivity index (χ3n) is 5.66. The van der Waals surface area contributed by atoms with Gasteiger partial charge in [0.15, 0.2) is 5.82 Å². The van der Waals surface area contributed by atoms with Gasteiger partial charge in [-0.2, -0.15) is 0 Å². The Hall–Kier alpha value is -4.00. The van der Waals surface area contributed by atoms with E-state index in [1.165, 1.54) is 0 Å². The molecule has 4 aromatic rings. The van der Waals surface area contributed by atoms with E-state index in [2.05, 4.69) is 26.6 Å². The Morgan fingerprint density at radius 1 is 0.906 bits per heavy atom. The number of rotatable bonds is 4. The molecule has 32 heavy (non-hydrogen) atoms. The summed E-state index contributed by atoms with van der Waals surface area (Å²) in [6, 6.07) is 21.4. The van der Waals surface area contributed by atoms with Gasteiger partial charge in [0.05, 0.1) is 5.52 Å². The number of amides is 2. The number of anilines is 2. The number of nitrogens with zero attached hydrogens (tertiary/aromatic N) is 4. The minimum Gasteiger partial charge on any atom is -0.356 e. The average Bonchev–Trinajstić information content (AvgIpc) is 2.85. The smallest absolute Gasteiger partial charge is 0.319 e. The number of fused-ring (bicyclic) bond motifs is 1. The number of hydrogen-bond acceptors (Lipinski definition) is 5. The maximum Gasteiger partial charge on any atom is 0.319 e. The van der Waals surface area contributed by atoms with Crippen molar-refractivity contribution in [2.45, 2.75) is 18.9 Å². The second-order valence-corrected chi connectivity index (χ2v) is 7.86. The van der Waals surface area contributed by atoms with Gasteiger partial charge in [-0.1, -0.05) is 30.3 Å². The third-order valence-corrected chi connectivity index (χ3v) is 5.66. The lowest BCUT2D eigenvalue weighted by molar-refractivity contribution is 0.246. The first-order chi connectivity index (χ1) is 15.8. The minimum atomic E-state index is -0.166. The molecule has 5 rings (SSSR count). The van der Waals surface area contributed by atoms with Crippen LogP contribution in [0, 0.1) is 0 Å². The van der Waals surface area contributed by atoms with Crippen molar-refractivity contribution in [3.05, 3.63) is 79.1 Å². The monoisotopic (exact) mass is 424 g/mol. The van der Waals surface area contributed by atoms with Crippen LogP contribution < -0.4 is 15.5 Å². The zero-order chi connectivity index (χ0) is 21.8. The molecule has 0 spiro atoms. The fraction of sp³-hybridized carbons (Fsp3) is 0.200. The lowest BCUT2D eigenvalue weighted by atomic mass is 10.0. The molecule has 1 aliphatic heterocycles. The Bertz CT molecular complexity index is 1210. The lowest BCUT2D eigenvalue weighted by Crippen LogP contribution is -2.46. The molecule has 1 fully saturated rings. The Morgan fingerprint density at radius 3 is 2.47 bits per heavy atom. The van der Waals surface area contributed by atoms with Gasteiger partial charge in [-0.05, 0) is 49.2 Å². The molecule has 2 aromatic carbocycles. The minimum absolute atomic E-state index is 0.126. The van der Waals surface area contributed by atoms with Crippen LogP contribution in [0.3, 0.4) is 0 Å². The topological polar surface area (TPSA) is 83.0 Å². The van der Waals surface area contributed by atoms with Gasteiger partial charge in [0.2, 0.25) is 0 Å². The highest BCUT2D eigenvalue weighted by Crippen LogP contribution is 2.29. The number of para-hydroxylation sites is 2. The second-order valence-electron chi connectivity index (χ2n) is 7.86. The van der Waals surface area contributed by atoms with Gasteiger partial charge < -0.3 is 15.5 Å². The molecule has 1 aliphatic rings. The summed E-state index contributed by atoms with van der Waals surface area (Å²) in [6.45, 7) is 1.62. The fourth-order valence-electron chi connectivity index (χ4n) is 4.03. The van der Waals surface area contributed by atoms with Gasteiger partial charge in [-0.25, -0.2) is 14.8 Å². The van der Waals surface area contributed by atoms with Crippen LogP contribution in [0.25, 0.3) is 22.3 Å². The standard InChI is InChI=1S/C25H24N6O/c32-25(27-19-8-2-1-3-9-19)28-20-12-15-31(16-13-20)24-21-10-4-5-11-22(21)29-23(30-24)18-7-6-14-26-17-18/h1-11,14,17,20H,12-13,15-16H2,(H2,27,28,32). The molecule has 0 radical (unpaired) electrons. The van der Waals surface area contributed by atoms with Crippen molar-refractivity contribution in [3.63, 3.8) is 0 Å². The molecule has 0 bridgehead atoms. The molecule has 7 heteroatoms. The summed E-state index contributed by atoms with van der Waals surface area (Å²) in [5.74, 6) is 1.61. The highest BCUT2D eigenvalue weighted by molar-refractivity contribution is 5.91. The van der Waals surface area contributed by atoms with Crippen molar-refractivity contribution >= 4 is 28.4 Å². The van der Waals surface area contributed by atoms with Gasteiger partial charge >= 0.3 is 6.03 Å². The van der Waals surface area contributed by atoms with E-state index >= 15 is 0 Å². The van der Waals surface area contributed by atoms with Gasteiger partial charge in [-0.3, -0.25) is 4.98 Å². The van der Waals surface area contributed by atoms with Crippen molar-refractivity contribution in [1.29, 1.82) is 0 Å². The summed E-state index contributed by atoms with van der Waals surface area (Å²) in [5.41, 5.74) is 2.60. The Kier molecular flexibility index (Phi) is 5.61. The Labute approximate surface area is 186 Å². The number of hydrogen-bond donors (Lipinski definition) is 2. The first kappa shape index (κ1) is 19.9. The van der Waals surface area contributed by atoms with Crippen LogP contribution in [0.4, 0.5) is 16.3 Å². The van der Waals surface area contributed by atoms with Crippen molar-refractivity contribution in [1.82, 2.24) is 20.3 Å². The van der Waals surface area contributed by atoms with Crippen LogP contribution in [0.15, 0.2) is 79.1 Å². The molecule has 2 amide bonds. The SMILES string of the molecule is O=C(Nc1ccccc1)NC1CCN(c2nc(-c3cccnc3)nc3ccccc23)CC1. The molecule has 2 N–H and O–H groups in total. The zero-order valence-electron chi connectivity index (χ0n) is 17.6. The van der Waals surface area contributed by atoms with E-state index in [1.807, 2.05) is 60.7 Å². The average molecular weight is 425 g/mol. The highest BCUT2D eigenvalue weighted by atomic mass is 16.2. The van der Waals surface area contributed by atoms with Crippen LogP contribution in [0.5, 0.6) is 0 Å². The molecule has 0 saturated carbocycles. The van der Waals surface area contributed by atoms with Crippen molar-refractivity contribution in [2.24, 2.45) is 0 Å². The van der Waals surface area contributed by atoms with Crippen LogP contribution in [0.2, 0.25) is 0 Å². The summed E-state index contributed by atoms with van der Waals surface area (Å²) in [4.78, 5) is 28.5. The molecule has 2 aromatic heterocycles. The number of aromatic nitrogens is 3. The maximum atomic E-state index is 12.3. The van der Waals surface area contributed by atoms with E-state index in [-0.39, 0.29) is 12.1 Å². The highest BCUT2D eigenvalue weighted by Gasteiger charge is 2.23. The molecule has 3 heterocycles. The molecule has 7 nitrogen and oxygen atoms in total. The van der Waals surface area contributed by atoms with Crippen LogP contribution in [-0.4, -0.2) is 40.1 Å². The number of carbonyl (C=O) groups is 1. The number of urea groups is 1. The predicted octanol–water partition coefficient (Wildman–Crippen LogP) is 4.48. The maximum absolute atomic E-state index is 12.3. The summed E-state index contributed by atoms with van der Waals surface area (Å²) in [5, 5.41) is 7.02. The summed E-state index contributed by atoms with van der Waals surface area (Å²) < 4.78 is 0. The molecular formula is C25H24N6O. The molecule has 160 valence electrons. The Balaban J connectivity index is 1.31. The van der Waals surface area contributed by atoms with Crippen LogP contribution in [-0.2, 0) is 0 Å². The largest absolute Gasteiger partial charge is 0.356 e. The fourth-order valence-corrected chi connectivity index (χ4v) is 4.03.